The van der Waals surface area contributed by atoms with Crippen molar-refractivity contribution in [3.63, 3.8) is 0 Å². The van der Waals surface area contributed by atoms with E-state index in [0.717, 1.165) is 19.4 Å². The molecule has 0 aromatic carbocycles. The number of hydrogen-bond donors (Lipinski definition) is 1. The topological polar surface area (TPSA) is 55.4 Å². The van der Waals surface area contributed by atoms with E-state index >= 15 is 0 Å². The van der Waals surface area contributed by atoms with Crippen molar-refractivity contribution >= 4 is 11.8 Å². The lowest BCUT2D eigenvalue weighted by Gasteiger charge is -2.41. The van der Waals surface area contributed by atoms with E-state index < -0.39 is 5.41 Å². The standard InChI is InChI=1S/C10H15NO3/c1-14-9(13)10-4-2-3-7(8(10)12)11-6-5-10/h7,11H,2-6H2,1H3. The van der Waals surface area contributed by atoms with Crippen molar-refractivity contribution in [1.82, 2.24) is 5.32 Å². The number of methoxy groups -OCH3 is 1. The van der Waals surface area contributed by atoms with Gasteiger partial charge >= 0.3 is 5.97 Å². The largest absolute Gasteiger partial charge is 0.468 e. The molecule has 1 heterocycles. The summed E-state index contributed by atoms with van der Waals surface area (Å²) in [5.74, 6) is -0.296. The Bertz CT molecular complexity index is 265. The average Bonchev–Trinajstić information content (AvgIpc) is 2.17. The molecule has 2 bridgehead atoms. The van der Waals surface area contributed by atoms with Crippen molar-refractivity contribution in [2.45, 2.75) is 31.7 Å². The third-order valence-corrected chi connectivity index (χ3v) is 3.40. The van der Waals surface area contributed by atoms with Crippen LogP contribution in [0.15, 0.2) is 0 Å². The summed E-state index contributed by atoms with van der Waals surface area (Å²) in [6, 6.07) is -0.114. The molecule has 0 spiro atoms. The molecule has 78 valence electrons. The van der Waals surface area contributed by atoms with Crippen molar-refractivity contribution < 1.29 is 14.3 Å². The molecule has 2 aliphatic rings. The second-order valence-corrected chi connectivity index (χ2v) is 4.09. The number of carbonyl (C=O) groups is 2. The summed E-state index contributed by atoms with van der Waals surface area (Å²) >= 11 is 0. The molecule has 2 unspecified atom stereocenters. The molecule has 0 aromatic heterocycles. The minimum atomic E-state index is -0.817. The van der Waals surface area contributed by atoms with Gasteiger partial charge in [-0.2, -0.15) is 0 Å². The van der Waals surface area contributed by atoms with E-state index in [1.54, 1.807) is 0 Å². The van der Waals surface area contributed by atoms with Crippen LogP contribution in [0.4, 0.5) is 0 Å². The molecule has 4 nitrogen and oxygen atoms in total. The fourth-order valence-electron chi connectivity index (χ4n) is 2.60. The highest BCUT2D eigenvalue weighted by molar-refractivity contribution is 6.07. The quantitative estimate of drug-likeness (QED) is 0.484. The number of ether oxygens (including phenoxy) is 1. The van der Waals surface area contributed by atoms with E-state index in [1.807, 2.05) is 0 Å². The molecule has 0 amide bonds. The van der Waals surface area contributed by atoms with E-state index in [1.165, 1.54) is 7.11 Å². The predicted molar refractivity (Wildman–Crippen MR) is 49.7 cm³/mol. The number of esters is 1. The number of ketones is 1. The molecule has 2 atom stereocenters. The number of piperidine rings is 1. The van der Waals surface area contributed by atoms with Crippen LogP contribution in [0.5, 0.6) is 0 Å². The zero-order valence-corrected chi connectivity index (χ0v) is 8.34. The molecule has 0 aromatic rings. The van der Waals surface area contributed by atoms with Gasteiger partial charge in [0, 0.05) is 0 Å². The molecular formula is C10H15NO3. The fourth-order valence-corrected chi connectivity index (χ4v) is 2.60. The minimum absolute atomic E-state index is 0.0434. The molecule has 2 fully saturated rings. The van der Waals surface area contributed by atoms with Gasteiger partial charge in [-0.25, -0.2) is 0 Å². The third-order valence-electron chi connectivity index (χ3n) is 3.40. The van der Waals surface area contributed by atoms with Gasteiger partial charge in [0.15, 0.2) is 5.78 Å². The number of carbonyl (C=O) groups excluding carboxylic acids is 2. The fraction of sp³-hybridized carbons (Fsp3) is 0.800. The first kappa shape index (κ1) is 9.65. The summed E-state index contributed by atoms with van der Waals surface area (Å²) in [4.78, 5) is 23.6. The Labute approximate surface area is 83.0 Å². The lowest BCUT2D eigenvalue weighted by Crippen LogP contribution is -2.59. The summed E-state index contributed by atoms with van der Waals surface area (Å²) in [6.07, 6.45) is 3.04. The number of Topliss-reactive ketones (excluding diaryl/α,β-unsaturated/α-hetero) is 1. The first-order chi connectivity index (χ1) is 6.70. The van der Waals surface area contributed by atoms with Crippen LogP contribution in [-0.2, 0) is 14.3 Å². The maximum absolute atomic E-state index is 12.0. The zero-order valence-electron chi connectivity index (χ0n) is 8.34. The van der Waals surface area contributed by atoms with Gasteiger partial charge in [-0.1, -0.05) is 0 Å². The van der Waals surface area contributed by atoms with E-state index in [0.29, 0.717) is 12.8 Å². The molecule has 14 heavy (non-hydrogen) atoms. The highest BCUT2D eigenvalue weighted by atomic mass is 16.5. The van der Waals surface area contributed by atoms with Crippen molar-refractivity contribution in [3.8, 4) is 0 Å². The predicted octanol–water partition coefficient (Wildman–Crippen LogP) is 0.261. The average molecular weight is 197 g/mol. The number of hydrogen-bond acceptors (Lipinski definition) is 4. The number of nitrogens with one attached hydrogen (secondary N) is 1. The second-order valence-electron chi connectivity index (χ2n) is 4.09. The van der Waals surface area contributed by atoms with Crippen LogP contribution in [-0.4, -0.2) is 31.4 Å². The first-order valence-corrected chi connectivity index (χ1v) is 5.07. The van der Waals surface area contributed by atoms with Crippen LogP contribution in [0.2, 0.25) is 0 Å². The van der Waals surface area contributed by atoms with Gasteiger partial charge in [-0.15, -0.1) is 0 Å². The van der Waals surface area contributed by atoms with Crippen molar-refractivity contribution in [1.29, 1.82) is 0 Å². The Morgan fingerprint density at radius 2 is 2.36 bits per heavy atom. The van der Waals surface area contributed by atoms with Crippen LogP contribution in [0.25, 0.3) is 0 Å². The number of fused-ring (bicyclic) bond motifs is 2. The van der Waals surface area contributed by atoms with E-state index in [2.05, 4.69) is 5.32 Å². The van der Waals surface area contributed by atoms with Gasteiger partial charge in [-0.3, -0.25) is 9.59 Å². The monoisotopic (exact) mass is 197 g/mol. The lowest BCUT2D eigenvalue weighted by molar-refractivity contribution is -0.163. The van der Waals surface area contributed by atoms with Crippen molar-refractivity contribution in [3.05, 3.63) is 0 Å². The molecule has 1 N–H and O–H groups in total. The smallest absolute Gasteiger partial charge is 0.319 e. The Morgan fingerprint density at radius 1 is 1.57 bits per heavy atom. The van der Waals surface area contributed by atoms with Crippen molar-refractivity contribution in [2.24, 2.45) is 5.41 Å². The highest BCUT2D eigenvalue weighted by Gasteiger charge is 2.53. The molecule has 2 rings (SSSR count). The first-order valence-electron chi connectivity index (χ1n) is 5.07. The molecule has 1 aliphatic carbocycles. The molecule has 1 aliphatic heterocycles. The third kappa shape index (κ3) is 1.17. The Kier molecular flexibility index (Phi) is 2.31. The molecule has 1 saturated heterocycles. The normalized spacial score (nSPS) is 36.6. The maximum Gasteiger partial charge on any atom is 0.319 e. The summed E-state index contributed by atoms with van der Waals surface area (Å²) in [6.45, 7) is 0.742. The SMILES string of the molecule is COC(=O)C12CCCC(NCC1)C2=O. The number of rotatable bonds is 1. The van der Waals surface area contributed by atoms with Gasteiger partial charge < -0.3 is 10.1 Å². The highest BCUT2D eigenvalue weighted by Crippen LogP contribution is 2.39. The molecule has 1 saturated carbocycles. The lowest BCUT2D eigenvalue weighted by atomic mass is 9.66. The van der Waals surface area contributed by atoms with Crippen molar-refractivity contribution in [2.75, 3.05) is 13.7 Å². The van der Waals surface area contributed by atoms with Gasteiger partial charge in [0.2, 0.25) is 0 Å². The Hall–Kier alpha value is -0.900. The van der Waals surface area contributed by atoms with Gasteiger partial charge in [0.05, 0.1) is 13.2 Å². The minimum Gasteiger partial charge on any atom is -0.468 e. The van der Waals surface area contributed by atoms with Crippen LogP contribution < -0.4 is 5.32 Å². The Balaban J connectivity index is 2.30. The van der Waals surface area contributed by atoms with Crippen LogP contribution in [0.3, 0.4) is 0 Å². The molecule has 0 radical (unpaired) electrons. The maximum atomic E-state index is 12.0. The van der Waals surface area contributed by atoms with E-state index in [9.17, 15) is 9.59 Å². The summed E-state index contributed by atoms with van der Waals surface area (Å²) in [5.41, 5.74) is -0.817. The van der Waals surface area contributed by atoms with Crippen LogP contribution >= 0.6 is 0 Å². The van der Waals surface area contributed by atoms with E-state index in [4.69, 9.17) is 4.74 Å². The van der Waals surface area contributed by atoms with Gasteiger partial charge in [-0.05, 0) is 32.2 Å². The molecular weight excluding hydrogens is 182 g/mol. The molecule has 4 heteroatoms. The summed E-state index contributed by atoms with van der Waals surface area (Å²) < 4.78 is 4.75. The van der Waals surface area contributed by atoms with Gasteiger partial charge in [0.25, 0.3) is 0 Å². The summed E-state index contributed by atoms with van der Waals surface area (Å²) in [7, 11) is 1.36. The summed E-state index contributed by atoms with van der Waals surface area (Å²) in [5, 5.41) is 3.15. The Morgan fingerprint density at radius 3 is 3.07 bits per heavy atom. The zero-order chi connectivity index (χ0) is 10.2. The van der Waals surface area contributed by atoms with Gasteiger partial charge in [0.1, 0.15) is 5.41 Å². The van der Waals surface area contributed by atoms with E-state index in [-0.39, 0.29) is 17.8 Å². The van der Waals surface area contributed by atoms with Crippen LogP contribution in [0, 0.1) is 5.41 Å². The van der Waals surface area contributed by atoms with Crippen LogP contribution in [0.1, 0.15) is 25.7 Å². The second kappa shape index (κ2) is 3.35.